The lowest BCUT2D eigenvalue weighted by atomic mass is 9.43. The van der Waals surface area contributed by atoms with Gasteiger partial charge in [0.05, 0.1) is 11.4 Å². The Balaban J connectivity index is 0.917. The molecule has 0 aliphatic heterocycles. The molecule has 0 amide bonds. The van der Waals surface area contributed by atoms with Crippen molar-refractivity contribution in [1.82, 2.24) is 0 Å². The Hall–Kier alpha value is -6.64. The second kappa shape index (κ2) is 13.0. The molecule has 63 heavy (non-hydrogen) atoms. The number of rotatable bonds is 5. The van der Waals surface area contributed by atoms with Crippen LogP contribution in [0.15, 0.2) is 180 Å². The summed E-state index contributed by atoms with van der Waals surface area (Å²) >= 11 is 0. The molecular weight excluding hydrogens is 763 g/mol. The molecule has 0 radical (unpaired) electrons. The van der Waals surface area contributed by atoms with Crippen molar-refractivity contribution in [2.24, 2.45) is 23.7 Å². The van der Waals surface area contributed by atoms with Crippen molar-refractivity contribution in [3.63, 3.8) is 0 Å². The van der Waals surface area contributed by atoms with Crippen LogP contribution in [0, 0.1) is 23.7 Å². The standard InChI is InChI=1S/C61H49NO/c1-60(2)51-21-6-4-19-50(51)58-53(60)23-12-24-55(58)62(56-25-11-20-49-48-18-5-8-26-57(48)63-59(49)56)45-16-10-15-41(35-45)39-13-9-14-40(34-39)42-27-28-47-46-17-3-7-22-52(46)61(54(47)36-42)43-30-37-29-38(32-43)33-44(61)31-37/h3-28,34-38,43-44H,29-33H2,1-2H3. The molecule has 4 bridgehead atoms. The summed E-state index contributed by atoms with van der Waals surface area (Å²) in [5.41, 5.74) is 21.6. The van der Waals surface area contributed by atoms with Crippen LogP contribution >= 0.6 is 0 Å². The van der Waals surface area contributed by atoms with Gasteiger partial charge in [-0.25, -0.2) is 0 Å². The Morgan fingerprint density at radius 2 is 1.03 bits per heavy atom. The molecule has 4 saturated carbocycles. The van der Waals surface area contributed by atoms with Gasteiger partial charge >= 0.3 is 0 Å². The first kappa shape index (κ1) is 35.9. The summed E-state index contributed by atoms with van der Waals surface area (Å²) in [7, 11) is 0. The normalized spacial score (nSPS) is 23.0. The molecule has 9 aromatic rings. The second-order valence-corrected chi connectivity index (χ2v) is 20.1. The summed E-state index contributed by atoms with van der Waals surface area (Å²) in [6.07, 6.45) is 7.06. The van der Waals surface area contributed by atoms with Crippen LogP contribution in [0.3, 0.4) is 0 Å². The van der Waals surface area contributed by atoms with E-state index < -0.39 is 0 Å². The molecule has 0 unspecified atom stereocenters. The fraction of sp³-hybridized carbons (Fsp3) is 0.213. The van der Waals surface area contributed by atoms with Crippen molar-refractivity contribution in [2.45, 2.75) is 56.8 Å². The zero-order valence-corrected chi connectivity index (χ0v) is 35.9. The highest BCUT2D eigenvalue weighted by Crippen LogP contribution is 2.69. The lowest BCUT2D eigenvalue weighted by molar-refractivity contribution is -0.0399. The maximum absolute atomic E-state index is 6.80. The van der Waals surface area contributed by atoms with Gasteiger partial charge in [-0.3, -0.25) is 0 Å². The minimum atomic E-state index is -0.128. The van der Waals surface area contributed by atoms with E-state index in [1.165, 1.54) is 87.7 Å². The molecule has 2 nitrogen and oxygen atoms in total. The number of hydrogen-bond acceptors (Lipinski definition) is 2. The van der Waals surface area contributed by atoms with Gasteiger partial charge in [-0.05, 0) is 159 Å². The van der Waals surface area contributed by atoms with Gasteiger partial charge < -0.3 is 9.32 Å². The van der Waals surface area contributed by atoms with E-state index in [1.807, 2.05) is 0 Å². The Kier molecular flexibility index (Phi) is 7.38. The summed E-state index contributed by atoms with van der Waals surface area (Å²) in [6, 6.07) is 66.2. The number of anilines is 3. The highest BCUT2D eigenvalue weighted by atomic mass is 16.3. The van der Waals surface area contributed by atoms with Crippen molar-refractivity contribution in [3.8, 4) is 44.5 Å². The Morgan fingerprint density at radius 3 is 1.84 bits per heavy atom. The van der Waals surface area contributed by atoms with Crippen LogP contribution in [-0.2, 0) is 10.8 Å². The van der Waals surface area contributed by atoms with E-state index in [0.717, 1.165) is 62.7 Å². The highest BCUT2D eigenvalue weighted by Gasteiger charge is 2.61. The minimum absolute atomic E-state index is 0.128. The summed E-state index contributed by atoms with van der Waals surface area (Å²) in [5, 5.41) is 2.26. The first-order chi connectivity index (χ1) is 30.9. The molecule has 1 spiro atoms. The predicted octanol–water partition coefficient (Wildman–Crippen LogP) is 16.4. The SMILES string of the molecule is CC1(C)c2ccccc2-c2c(N(c3cccc(-c4cccc(-c5ccc6c(c5)C5(c7ccccc7-6)C6CC7CC(C6)CC5C7)c4)c3)c3cccc4c3oc3ccccc34)cccc21. The molecule has 4 fully saturated rings. The zero-order chi connectivity index (χ0) is 41.6. The monoisotopic (exact) mass is 811 g/mol. The minimum Gasteiger partial charge on any atom is -0.454 e. The van der Waals surface area contributed by atoms with Gasteiger partial charge in [0.1, 0.15) is 5.58 Å². The van der Waals surface area contributed by atoms with Crippen molar-refractivity contribution in [1.29, 1.82) is 0 Å². The van der Waals surface area contributed by atoms with Gasteiger partial charge in [-0.1, -0.05) is 147 Å². The molecule has 6 aliphatic carbocycles. The van der Waals surface area contributed by atoms with E-state index >= 15 is 0 Å². The number of hydrogen-bond donors (Lipinski definition) is 0. The number of para-hydroxylation sites is 2. The molecule has 8 aromatic carbocycles. The number of fused-ring (bicyclic) bond motifs is 9. The number of nitrogens with zero attached hydrogens (tertiary/aromatic N) is 1. The zero-order valence-electron chi connectivity index (χ0n) is 35.9. The summed E-state index contributed by atoms with van der Waals surface area (Å²) in [4.78, 5) is 2.46. The van der Waals surface area contributed by atoms with Crippen LogP contribution in [0.2, 0.25) is 0 Å². The van der Waals surface area contributed by atoms with E-state index in [1.54, 1.807) is 11.1 Å². The molecule has 0 saturated heterocycles. The van der Waals surface area contributed by atoms with Gasteiger partial charge in [0.15, 0.2) is 5.58 Å². The third-order valence-corrected chi connectivity index (χ3v) is 16.6. The average Bonchev–Trinajstić information content (AvgIpc) is 3.93. The molecule has 6 aliphatic rings. The molecule has 1 heterocycles. The Bertz CT molecular complexity index is 3330. The largest absolute Gasteiger partial charge is 0.454 e. The third kappa shape index (κ3) is 4.90. The van der Waals surface area contributed by atoms with Crippen LogP contribution in [0.4, 0.5) is 17.1 Å². The van der Waals surface area contributed by atoms with E-state index in [0.29, 0.717) is 0 Å². The van der Waals surface area contributed by atoms with Crippen LogP contribution < -0.4 is 4.90 Å². The topological polar surface area (TPSA) is 16.4 Å². The first-order valence-electron chi connectivity index (χ1n) is 23.3. The average molecular weight is 812 g/mol. The first-order valence-corrected chi connectivity index (χ1v) is 23.3. The van der Waals surface area contributed by atoms with Crippen LogP contribution in [0.5, 0.6) is 0 Å². The van der Waals surface area contributed by atoms with Crippen LogP contribution in [-0.4, -0.2) is 0 Å². The molecule has 15 rings (SSSR count). The lowest BCUT2D eigenvalue weighted by Gasteiger charge is -2.61. The van der Waals surface area contributed by atoms with Crippen molar-refractivity contribution in [2.75, 3.05) is 4.90 Å². The summed E-state index contributed by atoms with van der Waals surface area (Å²) in [6.45, 7) is 4.73. The van der Waals surface area contributed by atoms with Crippen molar-refractivity contribution < 1.29 is 4.42 Å². The van der Waals surface area contributed by atoms with Crippen LogP contribution in [0.25, 0.3) is 66.4 Å². The lowest BCUT2D eigenvalue weighted by Crippen LogP contribution is -2.55. The van der Waals surface area contributed by atoms with Gasteiger partial charge in [0.2, 0.25) is 0 Å². The Morgan fingerprint density at radius 1 is 0.444 bits per heavy atom. The van der Waals surface area contributed by atoms with Gasteiger partial charge in [0, 0.05) is 32.9 Å². The summed E-state index contributed by atoms with van der Waals surface area (Å²) in [5.74, 6) is 3.36. The van der Waals surface area contributed by atoms with Crippen LogP contribution in [0.1, 0.15) is 68.2 Å². The molecule has 304 valence electrons. The predicted molar refractivity (Wildman–Crippen MR) is 260 cm³/mol. The quantitative estimate of drug-likeness (QED) is 0.172. The molecular formula is C61H49NO. The van der Waals surface area contributed by atoms with Crippen molar-refractivity contribution in [3.05, 3.63) is 198 Å². The maximum atomic E-state index is 6.80. The van der Waals surface area contributed by atoms with E-state index in [-0.39, 0.29) is 10.8 Å². The number of furan rings is 1. The second-order valence-electron chi connectivity index (χ2n) is 20.1. The third-order valence-electron chi connectivity index (χ3n) is 16.6. The highest BCUT2D eigenvalue weighted by molar-refractivity contribution is 6.11. The van der Waals surface area contributed by atoms with E-state index in [2.05, 4.69) is 195 Å². The maximum Gasteiger partial charge on any atom is 0.159 e. The molecule has 1 aromatic heterocycles. The fourth-order valence-electron chi connectivity index (χ4n) is 14.3. The molecule has 0 atom stereocenters. The van der Waals surface area contributed by atoms with Gasteiger partial charge in [0.25, 0.3) is 0 Å². The van der Waals surface area contributed by atoms with Gasteiger partial charge in [-0.15, -0.1) is 0 Å². The Labute approximate surface area is 369 Å². The molecule has 0 N–H and O–H groups in total. The number of benzene rings is 8. The van der Waals surface area contributed by atoms with Gasteiger partial charge in [-0.2, -0.15) is 0 Å². The molecule has 2 heteroatoms. The fourth-order valence-corrected chi connectivity index (χ4v) is 14.3. The summed E-state index contributed by atoms with van der Waals surface area (Å²) < 4.78 is 6.80. The van der Waals surface area contributed by atoms with Crippen molar-refractivity contribution >= 4 is 39.0 Å². The van der Waals surface area contributed by atoms with E-state index in [9.17, 15) is 0 Å². The van der Waals surface area contributed by atoms with E-state index in [4.69, 9.17) is 4.42 Å². The smallest absolute Gasteiger partial charge is 0.159 e.